The van der Waals surface area contributed by atoms with Gasteiger partial charge in [0.15, 0.2) is 0 Å². The number of aryl methyl sites for hydroxylation is 1. The van der Waals surface area contributed by atoms with Crippen molar-refractivity contribution in [3.63, 3.8) is 0 Å². The fraction of sp³-hybridized carbons (Fsp3) is 0.378. The Balaban J connectivity index is 1.08. The largest absolute Gasteiger partial charge is 0.491 e. The van der Waals surface area contributed by atoms with E-state index in [9.17, 15) is 0 Å². The maximum atomic E-state index is 6.41. The fourth-order valence-electron chi connectivity index (χ4n) is 7.91. The molecule has 9 rings (SSSR count). The summed E-state index contributed by atoms with van der Waals surface area (Å²) in [6.07, 6.45) is 12.5. The van der Waals surface area contributed by atoms with Crippen LogP contribution in [-0.2, 0) is 18.2 Å². The van der Waals surface area contributed by atoms with Crippen LogP contribution in [0.15, 0.2) is 55.2 Å². The van der Waals surface area contributed by atoms with Gasteiger partial charge in [0.2, 0.25) is 5.95 Å². The van der Waals surface area contributed by atoms with Crippen molar-refractivity contribution in [1.82, 2.24) is 39.6 Å². The number of hydrogen-bond acceptors (Lipinski definition) is 11. The number of H-pyrrole nitrogens is 1. The number of morpholine rings is 1. The molecular formula is C37H42N11O2P. The highest BCUT2D eigenvalue weighted by atomic mass is 31.1. The molecular weight excluding hydrogens is 661 g/mol. The van der Waals surface area contributed by atoms with Gasteiger partial charge in [0, 0.05) is 98.2 Å². The Morgan fingerprint density at radius 3 is 2.59 bits per heavy atom. The minimum Gasteiger partial charge on any atom is -0.491 e. The molecule has 6 aromatic rings. The van der Waals surface area contributed by atoms with Crippen molar-refractivity contribution in [2.45, 2.75) is 25.3 Å². The third kappa shape index (κ3) is 6.03. The fourth-order valence-corrected chi connectivity index (χ4v) is 9.12. The predicted octanol–water partition coefficient (Wildman–Crippen LogP) is 5.39. The molecule has 0 saturated carbocycles. The quantitative estimate of drug-likeness (QED) is 0.176. The topological polar surface area (TPSA) is 134 Å². The van der Waals surface area contributed by atoms with Gasteiger partial charge in [0.1, 0.15) is 17.2 Å². The maximum absolute atomic E-state index is 6.41. The van der Waals surface area contributed by atoms with Crippen molar-refractivity contribution in [3.8, 4) is 16.9 Å². The van der Waals surface area contributed by atoms with Crippen LogP contribution in [0.25, 0.3) is 33.2 Å². The third-order valence-electron chi connectivity index (χ3n) is 10.3. The lowest BCUT2D eigenvalue weighted by molar-refractivity contribution is 0.0115. The summed E-state index contributed by atoms with van der Waals surface area (Å²) >= 11 is 0. The Kier molecular flexibility index (Phi) is 8.41. The summed E-state index contributed by atoms with van der Waals surface area (Å²) in [6, 6.07) is 8.88. The minimum atomic E-state index is -0.501. The van der Waals surface area contributed by atoms with E-state index in [-0.39, 0.29) is 0 Å². The van der Waals surface area contributed by atoms with Crippen molar-refractivity contribution in [2.24, 2.45) is 7.05 Å². The summed E-state index contributed by atoms with van der Waals surface area (Å²) in [5.74, 6) is 2.05. The van der Waals surface area contributed by atoms with Crippen LogP contribution in [-0.4, -0.2) is 105 Å². The molecule has 0 radical (unpaired) electrons. The number of nitrogens with zero attached hydrogens (tertiary/aromatic N) is 8. The Morgan fingerprint density at radius 2 is 1.78 bits per heavy atom. The van der Waals surface area contributed by atoms with Gasteiger partial charge in [-0.2, -0.15) is 15.1 Å². The molecule has 3 N–H and O–H groups in total. The molecule has 3 aliphatic heterocycles. The van der Waals surface area contributed by atoms with Gasteiger partial charge < -0.3 is 30.0 Å². The molecule has 0 spiro atoms. The molecule has 2 fully saturated rings. The Morgan fingerprint density at radius 1 is 0.941 bits per heavy atom. The number of nitrogens with one attached hydrogen (secondary N) is 3. The first-order valence-electron chi connectivity index (χ1n) is 17.7. The molecule has 0 aliphatic carbocycles. The predicted molar refractivity (Wildman–Crippen MR) is 204 cm³/mol. The highest BCUT2D eigenvalue weighted by Crippen LogP contribution is 2.48. The third-order valence-corrected chi connectivity index (χ3v) is 11.6. The van der Waals surface area contributed by atoms with Crippen molar-refractivity contribution in [3.05, 3.63) is 60.8 Å². The Hall–Kier alpha value is -4.84. The van der Waals surface area contributed by atoms with Gasteiger partial charge in [0.05, 0.1) is 53.8 Å². The van der Waals surface area contributed by atoms with Gasteiger partial charge in [-0.15, -0.1) is 0 Å². The lowest BCUT2D eigenvalue weighted by Gasteiger charge is -2.41. The van der Waals surface area contributed by atoms with E-state index in [4.69, 9.17) is 24.4 Å². The monoisotopic (exact) mass is 703 g/mol. The van der Waals surface area contributed by atoms with Gasteiger partial charge in [0.25, 0.3) is 0 Å². The second-order valence-corrected chi connectivity index (χ2v) is 15.9. The van der Waals surface area contributed by atoms with E-state index in [1.54, 1.807) is 12.4 Å². The van der Waals surface area contributed by atoms with Crippen LogP contribution in [0, 0.1) is 0 Å². The lowest BCUT2D eigenvalue weighted by atomic mass is 9.95. The highest BCUT2D eigenvalue weighted by molar-refractivity contribution is 7.65. The summed E-state index contributed by atoms with van der Waals surface area (Å²) in [5.41, 5.74) is 9.04. The van der Waals surface area contributed by atoms with Gasteiger partial charge >= 0.3 is 0 Å². The van der Waals surface area contributed by atoms with E-state index >= 15 is 0 Å². The second kappa shape index (κ2) is 13.4. The summed E-state index contributed by atoms with van der Waals surface area (Å²) in [4.78, 5) is 27.7. The summed E-state index contributed by atoms with van der Waals surface area (Å²) < 4.78 is 13.9. The van der Waals surface area contributed by atoms with E-state index in [0.29, 0.717) is 24.4 Å². The number of piperidine rings is 1. The number of anilines is 5. The van der Waals surface area contributed by atoms with E-state index in [2.05, 4.69) is 67.2 Å². The van der Waals surface area contributed by atoms with Crippen molar-refractivity contribution < 1.29 is 9.47 Å². The number of aromatic amines is 1. The van der Waals surface area contributed by atoms with Crippen molar-refractivity contribution in [1.29, 1.82) is 0 Å². The standard InChI is InChI=1S/C37H42N11O2P/c1-46-22-23(21-41-46)27-20-30(33-25(9-17-50-33)32(27)48-13-7-24(8-14-48)47-15-18-49-19-16-47)43-37-44-35-26(6-10-40-35)36(45-37)42-29-5-4-28-31(34(29)51(2)3)39-12-11-38-28/h4-6,10-12,20-22,24H,7-9,13-19H2,1-3H3,(H3,40,42,43,44,45). The van der Waals surface area contributed by atoms with Gasteiger partial charge in [-0.05, 0) is 50.4 Å². The summed E-state index contributed by atoms with van der Waals surface area (Å²) in [7, 11) is 1.47. The van der Waals surface area contributed by atoms with Crippen LogP contribution < -0.4 is 25.6 Å². The summed E-state index contributed by atoms with van der Waals surface area (Å²) in [6.45, 7) is 10.8. The highest BCUT2D eigenvalue weighted by Gasteiger charge is 2.32. The van der Waals surface area contributed by atoms with Crippen LogP contribution in [0.5, 0.6) is 5.75 Å². The number of ether oxygens (including phenoxy) is 2. The number of rotatable bonds is 8. The van der Waals surface area contributed by atoms with Gasteiger partial charge in [-0.3, -0.25) is 19.5 Å². The first kappa shape index (κ1) is 32.1. The van der Waals surface area contributed by atoms with Crippen LogP contribution in [0.4, 0.5) is 28.8 Å². The van der Waals surface area contributed by atoms with Gasteiger partial charge in [-0.1, -0.05) is 7.92 Å². The first-order valence-corrected chi connectivity index (χ1v) is 19.9. The first-order chi connectivity index (χ1) is 25.0. The molecule has 0 bridgehead atoms. The normalized spacial score (nSPS) is 17.0. The SMILES string of the molecule is Cn1cc(-c2cc(Nc3nc(Nc4ccc5nccnc5c4P(C)C)c4cc[nH]c4n3)c3c(c2N2CCC(N4CCOCC4)CC2)CCO3)cn1. The van der Waals surface area contributed by atoms with Crippen molar-refractivity contribution in [2.75, 3.05) is 74.9 Å². The molecule has 4 aromatic heterocycles. The average Bonchev–Trinajstić information content (AvgIpc) is 3.94. The molecule has 262 valence electrons. The summed E-state index contributed by atoms with van der Waals surface area (Å²) in [5, 5.41) is 13.9. The van der Waals surface area contributed by atoms with Gasteiger partial charge in [-0.25, -0.2) is 0 Å². The second-order valence-electron chi connectivity index (χ2n) is 13.7. The molecule has 0 unspecified atom stereocenters. The van der Waals surface area contributed by atoms with E-state index < -0.39 is 7.92 Å². The molecule has 3 aliphatic rings. The molecule has 0 atom stereocenters. The van der Waals surface area contributed by atoms with Crippen LogP contribution in [0.1, 0.15) is 18.4 Å². The zero-order valence-electron chi connectivity index (χ0n) is 29.2. The minimum absolute atomic E-state index is 0.471. The van der Waals surface area contributed by atoms with Crippen LogP contribution >= 0.6 is 7.92 Å². The van der Waals surface area contributed by atoms with Crippen molar-refractivity contribution >= 4 is 64.1 Å². The number of benzene rings is 2. The number of hydrogen-bond donors (Lipinski definition) is 3. The molecule has 14 heteroatoms. The molecule has 2 aromatic carbocycles. The van der Waals surface area contributed by atoms with Crippen LogP contribution in [0.2, 0.25) is 0 Å². The van der Waals surface area contributed by atoms with E-state index in [0.717, 1.165) is 114 Å². The Bertz CT molecular complexity index is 2220. The Labute approximate surface area is 297 Å². The molecule has 13 nitrogen and oxygen atoms in total. The average molecular weight is 704 g/mol. The maximum Gasteiger partial charge on any atom is 0.231 e. The zero-order valence-corrected chi connectivity index (χ0v) is 30.1. The lowest BCUT2D eigenvalue weighted by Crippen LogP contribution is -2.49. The number of aromatic nitrogens is 7. The van der Waals surface area contributed by atoms with Crippen LogP contribution in [0.3, 0.4) is 0 Å². The molecule has 51 heavy (non-hydrogen) atoms. The van der Waals surface area contributed by atoms with E-state index in [1.807, 2.05) is 36.3 Å². The molecule has 2 saturated heterocycles. The zero-order chi connectivity index (χ0) is 34.5. The molecule has 0 amide bonds. The smallest absolute Gasteiger partial charge is 0.231 e. The number of fused-ring (bicyclic) bond motifs is 3. The molecule has 7 heterocycles. The van der Waals surface area contributed by atoms with E-state index in [1.165, 1.54) is 11.3 Å².